The Balaban J connectivity index is 1.21. The van der Waals surface area contributed by atoms with E-state index in [9.17, 15) is 4.79 Å². The van der Waals surface area contributed by atoms with Gasteiger partial charge in [0.05, 0.1) is 10.2 Å². The molecular weight excluding hydrogens is 422 g/mol. The Morgan fingerprint density at radius 1 is 1.06 bits per heavy atom. The molecule has 0 bridgehead atoms. The number of thiazole rings is 1. The molecule has 2 aromatic heterocycles. The first kappa shape index (κ1) is 20.1. The van der Waals surface area contributed by atoms with E-state index in [0.29, 0.717) is 24.1 Å². The number of benzene rings is 2. The Morgan fingerprint density at radius 2 is 1.94 bits per heavy atom. The monoisotopic (exact) mass is 443 g/mol. The van der Waals surface area contributed by atoms with Crippen molar-refractivity contribution in [3.05, 3.63) is 78.0 Å². The summed E-state index contributed by atoms with van der Waals surface area (Å²) < 4.78 is 7.11. The Kier molecular flexibility index (Phi) is 5.76. The number of likely N-dealkylation sites (tertiary alicyclic amines) is 1. The molecule has 0 aliphatic carbocycles. The lowest BCUT2D eigenvalue weighted by Gasteiger charge is -2.28. The molecule has 8 heteroatoms. The van der Waals surface area contributed by atoms with Crippen LogP contribution in [0.3, 0.4) is 0 Å². The van der Waals surface area contributed by atoms with Gasteiger partial charge in [0, 0.05) is 19.3 Å². The fraction of sp³-hybridized carbons (Fsp3) is 0.167. The van der Waals surface area contributed by atoms with Gasteiger partial charge in [-0.25, -0.2) is 9.78 Å². The van der Waals surface area contributed by atoms with Crippen molar-refractivity contribution in [2.45, 2.75) is 12.8 Å². The fourth-order valence-electron chi connectivity index (χ4n) is 3.60. The van der Waals surface area contributed by atoms with Crippen LogP contribution in [0.2, 0.25) is 0 Å². The van der Waals surface area contributed by atoms with Crippen molar-refractivity contribution < 1.29 is 9.53 Å². The molecule has 1 N–H and O–H groups in total. The lowest BCUT2D eigenvalue weighted by atomic mass is 10.0. The molecule has 160 valence electrons. The van der Waals surface area contributed by atoms with Gasteiger partial charge in [0.25, 0.3) is 5.19 Å². The predicted octanol–water partition coefficient (Wildman–Crippen LogP) is 5.59. The van der Waals surface area contributed by atoms with Crippen LogP contribution >= 0.6 is 11.3 Å². The smallest absolute Gasteiger partial charge is 0.323 e. The van der Waals surface area contributed by atoms with Crippen molar-refractivity contribution in [3.8, 4) is 10.9 Å². The molecule has 3 heterocycles. The number of anilines is 1. The third-order valence-electron chi connectivity index (χ3n) is 5.21. The van der Waals surface area contributed by atoms with Crippen molar-refractivity contribution in [2.75, 3.05) is 18.4 Å². The number of urea groups is 1. The molecule has 0 unspecified atom stereocenters. The van der Waals surface area contributed by atoms with Crippen LogP contribution in [0.5, 0.6) is 10.9 Å². The summed E-state index contributed by atoms with van der Waals surface area (Å²) in [6.45, 7) is 1.33. The highest BCUT2D eigenvalue weighted by Crippen LogP contribution is 2.31. The zero-order valence-electron chi connectivity index (χ0n) is 17.3. The van der Waals surface area contributed by atoms with Crippen LogP contribution in [-0.4, -0.2) is 39.2 Å². The van der Waals surface area contributed by atoms with Crippen LogP contribution in [0, 0.1) is 0 Å². The summed E-state index contributed by atoms with van der Waals surface area (Å²) in [6, 6.07) is 19.3. The Hall–Kier alpha value is -3.78. The summed E-state index contributed by atoms with van der Waals surface area (Å²) in [5, 5.41) is 11.1. The molecule has 1 fully saturated rings. The van der Waals surface area contributed by atoms with Crippen LogP contribution in [-0.2, 0) is 0 Å². The molecule has 2 aromatic carbocycles. The van der Waals surface area contributed by atoms with Gasteiger partial charge in [-0.05, 0) is 54.8 Å². The summed E-state index contributed by atoms with van der Waals surface area (Å²) in [6.07, 6.45) is 5.42. The summed E-state index contributed by atoms with van der Waals surface area (Å²) in [5.74, 6) is 1.22. The molecule has 2 amide bonds. The molecule has 0 saturated carbocycles. The highest BCUT2D eigenvalue weighted by atomic mass is 32.1. The van der Waals surface area contributed by atoms with E-state index in [1.165, 1.54) is 16.9 Å². The lowest BCUT2D eigenvalue weighted by molar-refractivity contribution is 0.207. The molecule has 7 nitrogen and oxygen atoms in total. The molecule has 4 aromatic rings. The van der Waals surface area contributed by atoms with Gasteiger partial charge < -0.3 is 9.64 Å². The number of aromatic nitrogens is 3. The van der Waals surface area contributed by atoms with Gasteiger partial charge in [-0.3, -0.25) is 5.32 Å². The van der Waals surface area contributed by atoms with Crippen molar-refractivity contribution in [3.63, 3.8) is 0 Å². The average Bonchev–Trinajstić information content (AvgIpc) is 3.23. The number of carbonyl (C=O) groups excluding carboxylic acids is 1. The summed E-state index contributed by atoms with van der Waals surface area (Å²) in [7, 11) is 0. The molecule has 5 rings (SSSR count). The normalized spacial score (nSPS) is 13.8. The minimum absolute atomic E-state index is 0.143. The van der Waals surface area contributed by atoms with Gasteiger partial charge >= 0.3 is 6.03 Å². The quantitative estimate of drug-likeness (QED) is 0.445. The molecule has 0 radical (unpaired) electrons. The first-order valence-electron chi connectivity index (χ1n) is 10.4. The SMILES string of the molecule is O=C(Nc1cccnn1)N1CCC(=Cc2cccc(Oc3nc4ccccc4s3)c2)CC1. The van der Waals surface area contributed by atoms with Gasteiger partial charge in [-0.15, -0.1) is 5.10 Å². The minimum Gasteiger partial charge on any atom is -0.431 e. The van der Waals surface area contributed by atoms with Gasteiger partial charge in [0.1, 0.15) is 5.75 Å². The summed E-state index contributed by atoms with van der Waals surface area (Å²) >= 11 is 1.54. The van der Waals surface area contributed by atoms with Crippen LogP contribution in [0.1, 0.15) is 18.4 Å². The molecule has 0 atom stereocenters. The number of piperidine rings is 1. The Bertz CT molecular complexity index is 1230. The van der Waals surface area contributed by atoms with Crippen molar-refractivity contribution in [1.82, 2.24) is 20.1 Å². The predicted molar refractivity (Wildman–Crippen MR) is 126 cm³/mol. The number of nitrogens with zero attached hydrogens (tertiary/aromatic N) is 4. The molecule has 1 aliphatic rings. The zero-order chi connectivity index (χ0) is 21.8. The van der Waals surface area contributed by atoms with Gasteiger partial charge in [0.2, 0.25) is 0 Å². The number of carbonyl (C=O) groups is 1. The highest BCUT2D eigenvalue weighted by Gasteiger charge is 2.19. The summed E-state index contributed by atoms with van der Waals surface area (Å²) in [5.41, 5.74) is 3.34. The molecule has 0 spiro atoms. The number of amides is 2. The fourth-order valence-corrected chi connectivity index (χ4v) is 4.43. The van der Waals surface area contributed by atoms with E-state index in [-0.39, 0.29) is 6.03 Å². The number of hydrogen-bond donors (Lipinski definition) is 1. The maximum atomic E-state index is 12.4. The summed E-state index contributed by atoms with van der Waals surface area (Å²) in [4.78, 5) is 18.8. The van der Waals surface area contributed by atoms with Gasteiger partial charge in [-0.1, -0.05) is 47.3 Å². The maximum Gasteiger partial charge on any atom is 0.323 e. The van der Waals surface area contributed by atoms with Crippen molar-refractivity contribution in [2.24, 2.45) is 0 Å². The number of fused-ring (bicyclic) bond motifs is 1. The third kappa shape index (κ3) is 4.76. The van der Waals surface area contributed by atoms with E-state index in [0.717, 1.165) is 34.4 Å². The molecule has 1 aliphatic heterocycles. The Morgan fingerprint density at radius 3 is 2.75 bits per heavy atom. The lowest BCUT2D eigenvalue weighted by Crippen LogP contribution is -2.39. The van der Waals surface area contributed by atoms with Crippen LogP contribution in [0.4, 0.5) is 10.6 Å². The van der Waals surface area contributed by atoms with Gasteiger partial charge in [0.15, 0.2) is 5.82 Å². The van der Waals surface area contributed by atoms with E-state index in [1.807, 2.05) is 42.5 Å². The number of ether oxygens (including phenoxy) is 1. The first-order valence-corrected chi connectivity index (χ1v) is 11.2. The zero-order valence-corrected chi connectivity index (χ0v) is 18.1. The van der Waals surface area contributed by atoms with Crippen LogP contribution in [0.25, 0.3) is 16.3 Å². The second kappa shape index (κ2) is 9.15. The van der Waals surface area contributed by atoms with Crippen LogP contribution in [0.15, 0.2) is 72.4 Å². The second-order valence-corrected chi connectivity index (χ2v) is 8.44. The van der Waals surface area contributed by atoms with E-state index in [4.69, 9.17) is 4.74 Å². The Labute approximate surface area is 189 Å². The first-order chi connectivity index (χ1) is 15.7. The topological polar surface area (TPSA) is 80.2 Å². The number of para-hydroxylation sites is 1. The second-order valence-electron chi connectivity index (χ2n) is 7.45. The minimum atomic E-state index is -0.143. The maximum absolute atomic E-state index is 12.4. The number of nitrogens with one attached hydrogen (secondary N) is 1. The molecular formula is C24H21N5O2S. The highest BCUT2D eigenvalue weighted by molar-refractivity contribution is 7.20. The van der Waals surface area contributed by atoms with E-state index < -0.39 is 0 Å². The molecule has 1 saturated heterocycles. The van der Waals surface area contributed by atoms with Gasteiger partial charge in [-0.2, -0.15) is 5.10 Å². The average molecular weight is 444 g/mol. The van der Waals surface area contributed by atoms with Crippen molar-refractivity contribution in [1.29, 1.82) is 0 Å². The third-order valence-corrected chi connectivity index (χ3v) is 6.12. The largest absolute Gasteiger partial charge is 0.431 e. The van der Waals surface area contributed by atoms with Crippen LogP contribution < -0.4 is 10.1 Å². The number of rotatable bonds is 4. The van der Waals surface area contributed by atoms with E-state index in [1.54, 1.807) is 23.2 Å². The van der Waals surface area contributed by atoms with E-state index in [2.05, 4.69) is 32.6 Å². The molecule has 32 heavy (non-hydrogen) atoms. The number of hydrogen-bond acceptors (Lipinski definition) is 6. The van der Waals surface area contributed by atoms with E-state index >= 15 is 0 Å². The van der Waals surface area contributed by atoms with Crippen molar-refractivity contribution >= 4 is 39.5 Å². The standard InChI is InChI=1S/C24H21N5O2S/c30-23(27-22-9-4-12-25-28-22)29-13-10-17(11-14-29)15-18-5-3-6-19(16-18)31-24-26-20-7-1-2-8-21(20)32-24/h1-9,12,15-16H,10-11,13-14H2,(H,27,28,30).